The van der Waals surface area contributed by atoms with Crippen LogP contribution in [0.4, 0.5) is 0 Å². The number of oxazole rings is 1. The molecule has 0 spiro atoms. The molecule has 3 aromatic rings. The zero-order chi connectivity index (χ0) is 14.7. The van der Waals surface area contributed by atoms with Crippen molar-refractivity contribution in [3.05, 3.63) is 54.8 Å². The topological polar surface area (TPSA) is 44.5 Å². The molecular weight excluding hydrogens is 266 g/mol. The maximum Gasteiger partial charge on any atom is 0.226 e. The van der Waals surface area contributed by atoms with Gasteiger partial charge in [-0.05, 0) is 48.5 Å². The van der Waals surface area contributed by atoms with Gasteiger partial charge in [0.25, 0.3) is 0 Å². The monoisotopic (exact) mass is 281 g/mol. The van der Waals surface area contributed by atoms with Crippen LogP contribution >= 0.6 is 0 Å². The molecule has 0 aliphatic carbocycles. The lowest BCUT2D eigenvalue weighted by molar-refractivity contribution is 0.414. The van der Waals surface area contributed by atoms with Gasteiger partial charge in [-0.1, -0.05) is 0 Å². The molecule has 0 aliphatic heterocycles. The number of methoxy groups -OCH3 is 2. The van der Waals surface area contributed by atoms with Crippen molar-refractivity contribution in [2.45, 2.75) is 0 Å². The van der Waals surface area contributed by atoms with Crippen molar-refractivity contribution in [1.82, 2.24) is 4.98 Å². The Kier molecular flexibility index (Phi) is 3.60. The van der Waals surface area contributed by atoms with Gasteiger partial charge in [0.2, 0.25) is 5.89 Å². The average Bonchev–Trinajstić information content (AvgIpc) is 3.05. The highest BCUT2D eigenvalue weighted by Gasteiger charge is 2.08. The molecule has 4 nitrogen and oxygen atoms in total. The van der Waals surface area contributed by atoms with Crippen LogP contribution in [0.15, 0.2) is 59.2 Å². The molecule has 21 heavy (non-hydrogen) atoms. The maximum atomic E-state index is 5.55. The number of aromatic nitrogens is 1. The number of rotatable bonds is 4. The highest BCUT2D eigenvalue weighted by Crippen LogP contribution is 2.27. The molecule has 106 valence electrons. The molecule has 0 unspecified atom stereocenters. The third-order valence-electron chi connectivity index (χ3n) is 3.23. The van der Waals surface area contributed by atoms with Crippen LogP contribution in [0.3, 0.4) is 0 Å². The third kappa shape index (κ3) is 2.74. The fourth-order valence-electron chi connectivity index (χ4n) is 2.03. The number of hydrogen-bond acceptors (Lipinski definition) is 4. The third-order valence-corrected chi connectivity index (χ3v) is 3.23. The molecule has 4 heteroatoms. The first-order valence-electron chi connectivity index (χ1n) is 6.54. The molecule has 0 N–H and O–H groups in total. The Hall–Kier alpha value is -2.75. The van der Waals surface area contributed by atoms with E-state index in [4.69, 9.17) is 13.9 Å². The van der Waals surface area contributed by atoms with Crippen LogP contribution in [0.2, 0.25) is 0 Å². The van der Waals surface area contributed by atoms with Gasteiger partial charge in [0.15, 0.2) is 0 Å². The first-order valence-corrected chi connectivity index (χ1v) is 6.54. The SMILES string of the molecule is COc1ccc(-c2coc(-c3ccc(OC)cc3)n2)cc1. The summed E-state index contributed by atoms with van der Waals surface area (Å²) >= 11 is 0. The van der Waals surface area contributed by atoms with Crippen molar-refractivity contribution >= 4 is 0 Å². The second-order valence-electron chi connectivity index (χ2n) is 4.49. The molecule has 3 rings (SSSR count). The summed E-state index contributed by atoms with van der Waals surface area (Å²) in [7, 11) is 3.29. The van der Waals surface area contributed by atoms with Crippen LogP contribution in [0.5, 0.6) is 11.5 Å². The van der Waals surface area contributed by atoms with Crippen molar-refractivity contribution in [3.63, 3.8) is 0 Å². The molecule has 0 saturated heterocycles. The van der Waals surface area contributed by atoms with Gasteiger partial charge in [-0.25, -0.2) is 4.98 Å². The predicted molar refractivity (Wildman–Crippen MR) is 80.5 cm³/mol. The van der Waals surface area contributed by atoms with Crippen LogP contribution in [0.25, 0.3) is 22.7 Å². The number of benzene rings is 2. The number of hydrogen-bond donors (Lipinski definition) is 0. The molecule has 0 atom stereocenters. The summed E-state index contributed by atoms with van der Waals surface area (Å²) in [6, 6.07) is 15.3. The van der Waals surface area contributed by atoms with E-state index in [2.05, 4.69) is 4.98 Å². The summed E-state index contributed by atoms with van der Waals surface area (Å²) in [4.78, 5) is 4.51. The first-order chi connectivity index (χ1) is 10.3. The van der Waals surface area contributed by atoms with E-state index in [9.17, 15) is 0 Å². The van der Waals surface area contributed by atoms with Gasteiger partial charge in [-0.3, -0.25) is 0 Å². The van der Waals surface area contributed by atoms with E-state index >= 15 is 0 Å². The minimum Gasteiger partial charge on any atom is -0.497 e. The molecule has 0 radical (unpaired) electrons. The molecule has 0 saturated carbocycles. The van der Waals surface area contributed by atoms with Crippen molar-refractivity contribution in [1.29, 1.82) is 0 Å². The summed E-state index contributed by atoms with van der Waals surface area (Å²) in [6.07, 6.45) is 1.65. The van der Waals surface area contributed by atoms with Gasteiger partial charge >= 0.3 is 0 Å². The fourth-order valence-corrected chi connectivity index (χ4v) is 2.03. The van der Waals surface area contributed by atoms with E-state index in [1.807, 2.05) is 48.5 Å². The van der Waals surface area contributed by atoms with E-state index < -0.39 is 0 Å². The van der Waals surface area contributed by atoms with Crippen molar-refractivity contribution in [3.8, 4) is 34.2 Å². The minimum absolute atomic E-state index is 0.587. The lowest BCUT2D eigenvalue weighted by atomic mass is 10.1. The largest absolute Gasteiger partial charge is 0.497 e. The summed E-state index contributed by atoms with van der Waals surface area (Å²) in [6.45, 7) is 0. The molecule has 0 amide bonds. The molecule has 0 bridgehead atoms. The quantitative estimate of drug-likeness (QED) is 0.724. The van der Waals surface area contributed by atoms with Crippen molar-refractivity contribution in [2.24, 2.45) is 0 Å². The Labute approximate surface area is 123 Å². The van der Waals surface area contributed by atoms with Crippen molar-refractivity contribution in [2.75, 3.05) is 14.2 Å². The Morgan fingerprint density at radius 2 is 1.29 bits per heavy atom. The second kappa shape index (κ2) is 5.71. The molecule has 1 aromatic heterocycles. The molecule has 2 aromatic carbocycles. The highest BCUT2D eigenvalue weighted by molar-refractivity contribution is 5.63. The second-order valence-corrected chi connectivity index (χ2v) is 4.49. The van der Waals surface area contributed by atoms with E-state index in [1.165, 1.54) is 0 Å². The summed E-state index contributed by atoms with van der Waals surface area (Å²) in [5.41, 5.74) is 2.69. The lowest BCUT2D eigenvalue weighted by Crippen LogP contribution is -1.84. The smallest absolute Gasteiger partial charge is 0.226 e. The number of nitrogens with zero attached hydrogens (tertiary/aromatic N) is 1. The normalized spacial score (nSPS) is 10.4. The Balaban J connectivity index is 1.87. The van der Waals surface area contributed by atoms with Gasteiger partial charge in [0, 0.05) is 11.1 Å². The van der Waals surface area contributed by atoms with Gasteiger partial charge in [-0.2, -0.15) is 0 Å². The van der Waals surface area contributed by atoms with Gasteiger partial charge in [0.05, 0.1) is 14.2 Å². The van der Waals surface area contributed by atoms with Crippen LogP contribution in [-0.2, 0) is 0 Å². The van der Waals surface area contributed by atoms with Gasteiger partial charge < -0.3 is 13.9 Å². The molecule has 0 fully saturated rings. The van der Waals surface area contributed by atoms with E-state index in [0.29, 0.717) is 5.89 Å². The van der Waals surface area contributed by atoms with E-state index in [-0.39, 0.29) is 0 Å². The summed E-state index contributed by atoms with van der Waals surface area (Å²) < 4.78 is 15.8. The maximum absolute atomic E-state index is 5.55. The lowest BCUT2D eigenvalue weighted by Gasteiger charge is -2.00. The summed E-state index contributed by atoms with van der Waals surface area (Å²) in [5, 5.41) is 0. The van der Waals surface area contributed by atoms with Crippen molar-refractivity contribution < 1.29 is 13.9 Å². The predicted octanol–water partition coefficient (Wildman–Crippen LogP) is 4.03. The minimum atomic E-state index is 0.587. The molecule has 0 aliphatic rings. The van der Waals surface area contributed by atoms with Gasteiger partial charge in [0.1, 0.15) is 23.5 Å². The number of ether oxygens (including phenoxy) is 2. The van der Waals surface area contributed by atoms with Crippen LogP contribution in [0.1, 0.15) is 0 Å². The zero-order valence-electron chi connectivity index (χ0n) is 11.9. The van der Waals surface area contributed by atoms with Crippen LogP contribution < -0.4 is 9.47 Å². The van der Waals surface area contributed by atoms with Crippen LogP contribution in [-0.4, -0.2) is 19.2 Å². The fraction of sp³-hybridized carbons (Fsp3) is 0.118. The van der Waals surface area contributed by atoms with Gasteiger partial charge in [-0.15, -0.1) is 0 Å². The Bertz CT molecular complexity index is 653. The first kappa shape index (κ1) is 13.2. The van der Waals surface area contributed by atoms with E-state index in [1.54, 1.807) is 20.5 Å². The zero-order valence-corrected chi connectivity index (χ0v) is 11.9. The highest BCUT2D eigenvalue weighted by atomic mass is 16.5. The van der Waals surface area contributed by atoms with Crippen LogP contribution in [0, 0.1) is 0 Å². The Morgan fingerprint density at radius 1 is 0.762 bits per heavy atom. The average molecular weight is 281 g/mol. The summed E-state index contributed by atoms with van der Waals surface area (Å²) in [5.74, 6) is 2.21. The molecule has 1 heterocycles. The molecular formula is C17H15NO3. The standard InChI is InChI=1S/C17H15NO3/c1-19-14-7-3-12(4-8-14)16-11-21-17(18-16)13-5-9-15(20-2)10-6-13/h3-11H,1-2H3. The Morgan fingerprint density at radius 3 is 1.81 bits per heavy atom. The van der Waals surface area contributed by atoms with E-state index in [0.717, 1.165) is 28.3 Å².